The zero-order valence-electron chi connectivity index (χ0n) is 10.7. The van der Waals surface area contributed by atoms with E-state index in [1.54, 1.807) is 6.20 Å². The maximum absolute atomic E-state index is 5.99. The average Bonchev–Trinajstić information content (AvgIpc) is 2.16. The van der Waals surface area contributed by atoms with Gasteiger partial charge in [0.1, 0.15) is 0 Å². The maximum atomic E-state index is 5.99. The lowest BCUT2D eigenvalue weighted by molar-refractivity contribution is 0.314. The Kier molecular flexibility index (Phi) is 4.30. The van der Waals surface area contributed by atoms with E-state index in [0.29, 0.717) is 6.04 Å². The SMILES string of the molecule is CCNC(CC(C)(C)C)c1cnccc1N. The Balaban J connectivity index is 2.89. The maximum Gasteiger partial charge on any atom is 0.0393 e. The van der Waals surface area contributed by atoms with Gasteiger partial charge < -0.3 is 11.1 Å². The highest BCUT2D eigenvalue weighted by atomic mass is 14.9. The molecule has 0 aliphatic rings. The summed E-state index contributed by atoms with van der Waals surface area (Å²) in [6.07, 6.45) is 4.66. The molecule has 1 rings (SSSR count). The van der Waals surface area contributed by atoms with Crippen molar-refractivity contribution in [2.75, 3.05) is 12.3 Å². The number of nitrogens with zero attached hydrogens (tertiary/aromatic N) is 1. The van der Waals surface area contributed by atoms with E-state index < -0.39 is 0 Å². The molecule has 0 radical (unpaired) electrons. The van der Waals surface area contributed by atoms with Crippen molar-refractivity contribution in [2.45, 2.75) is 40.2 Å². The van der Waals surface area contributed by atoms with E-state index in [0.717, 1.165) is 24.2 Å². The summed E-state index contributed by atoms with van der Waals surface area (Å²) in [6.45, 7) is 9.77. The number of hydrogen-bond acceptors (Lipinski definition) is 3. The van der Waals surface area contributed by atoms with Crippen LogP contribution in [0.25, 0.3) is 0 Å². The van der Waals surface area contributed by atoms with Gasteiger partial charge in [-0.3, -0.25) is 4.98 Å². The number of nitrogen functional groups attached to an aromatic ring is 1. The van der Waals surface area contributed by atoms with E-state index in [2.05, 4.69) is 38.0 Å². The smallest absolute Gasteiger partial charge is 0.0393 e. The number of aromatic nitrogens is 1. The van der Waals surface area contributed by atoms with Gasteiger partial charge in [0, 0.05) is 29.7 Å². The highest BCUT2D eigenvalue weighted by molar-refractivity contribution is 5.46. The quantitative estimate of drug-likeness (QED) is 0.822. The van der Waals surface area contributed by atoms with Crippen molar-refractivity contribution in [1.29, 1.82) is 0 Å². The van der Waals surface area contributed by atoms with Crippen LogP contribution in [0.4, 0.5) is 5.69 Å². The Labute approximate surface area is 98.5 Å². The Morgan fingerprint density at radius 3 is 2.62 bits per heavy atom. The van der Waals surface area contributed by atoms with Crippen molar-refractivity contribution in [1.82, 2.24) is 10.3 Å². The highest BCUT2D eigenvalue weighted by Gasteiger charge is 2.21. The zero-order chi connectivity index (χ0) is 12.2. The van der Waals surface area contributed by atoms with E-state index in [1.165, 1.54) is 0 Å². The fourth-order valence-corrected chi connectivity index (χ4v) is 1.86. The van der Waals surface area contributed by atoms with Gasteiger partial charge in [-0.25, -0.2) is 0 Å². The van der Waals surface area contributed by atoms with Crippen molar-refractivity contribution >= 4 is 5.69 Å². The van der Waals surface area contributed by atoms with Gasteiger partial charge in [0.25, 0.3) is 0 Å². The number of anilines is 1. The van der Waals surface area contributed by atoms with E-state index in [4.69, 9.17) is 5.73 Å². The van der Waals surface area contributed by atoms with Crippen LogP contribution in [0.2, 0.25) is 0 Å². The van der Waals surface area contributed by atoms with E-state index in [9.17, 15) is 0 Å². The molecule has 0 bridgehead atoms. The minimum absolute atomic E-state index is 0.273. The molecule has 1 unspecified atom stereocenters. The van der Waals surface area contributed by atoms with Gasteiger partial charge in [-0.1, -0.05) is 27.7 Å². The molecule has 1 atom stereocenters. The Morgan fingerprint density at radius 1 is 1.44 bits per heavy atom. The summed E-state index contributed by atoms with van der Waals surface area (Å²) in [5.41, 5.74) is 8.20. The van der Waals surface area contributed by atoms with Gasteiger partial charge in [0.2, 0.25) is 0 Å². The lowest BCUT2D eigenvalue weighted by atomic mass is 9.85. The first-order valence-corrected chi connectivity index (χ1v) is 5.87. The highest BCUT2D eigenvalue weighted by Crippen LogP contribution is 2.31. The summed E-state index contributed by atoms with van der Waals surface area (Å²) in [4.78, 5) is 4.16. The molecule has 16 heavy (non-hydrogen) atoms. The zero-order valence-corrected chi connectivity index (χ0v) is 10.7. The molecule has 0 saturated carbocycles. The standard InChI is InChI=1S/C13H23N3/c1-5-16-12(8-13(2,3)4)10-9-15-7-6-11(10)14/h6-7,9,12,16H,5,8H2,1-4H3,(H2,14,15). The lowest BCUT2D eigenvalue weighted by Gasteiger charge is -2.27. The lowest BCUT2D eigenvalue weighted by Crippen LogP contribution is -2.26. The van der Waals surface area contributed by atoms with E-state index in [-0.39, 0.29) is 5.41 Å². The summed E-state index contributed by atoms with van der Waals surface area (Å²) in [5.74, 6) is 0. The van der Waals surface area contributed by atoms with Crippen LogP contribution < -0.4 is 11.1 Å². The van der Waals surface area contributed by atoms with Gasteiger partial charge in [-0.05, 0) is 24.4 Å². The third-order valence-electron chi connectivity index (χ3n) is 2.53. The molecule has 1 aromatic heterocycles. The Morgan fingerprint density at radius 2 is 2.12 bits per heavy atom. The van der Waals surface area contributed by atoms with Gasteiger partial charge in [0.05, 0.1) is 0 Å². The summed E-state index contributed by atoms with van der Waals surface area (Å²) in [7, 11) is 0. The number of pyridine rings is 1. The third-order valence-corrected chi connectivity index (χ3v) is 2.53. The number of rotatable bonds is 4. The molecular weight excluding hydrogens is 198 g/mol. The minimum Gasteiger partial charge on any atom is -0.398 e. The van der Waals surface area contributed by atoms with E-state index in [1.807, 2.05) is 12.3 Å². The predicted octanol–water partition coefficient (Wildman–Crippen LogP) is 2.75. The second-order valence-corrected chi connectivity index (χ2v) is 5.38. The van der Waals surface area contributed by atoms with Crippen LogP contribution in [-0.4, -0.2) is 11.5 Å². The molecule has 3 heteroatoms. The largest absolute Gasteiger partial charge is 0.398 e. The minimum atomic E-state index is 0.273. The van der Waals surface area contributed by atoms with Crippen LogP contribution >= 0.6 is 0 Å². The monoisotopic (exact) mass is 221 g/mol. The van der Waals surface area contributed by atoms with Gasteiger partial charge in [0.15, 0.2) is 0 Å². The Hall–Kier alpha value is -1.09. The molecule has 90 valence electrons. The van der Waals surface area contributed by atoms with E-state index >= 15 is 0 Å². The summed E-state index contributed by atoms with van der Waals surface area (Å²) in [5, 5.41) is 3.48. The van der Waals surface area contributed by atoms with Crippen LogP contribution in [0.15, 0.2) is 18.5 Å². The van der Waals surface area contributed by atoms with Crippen molar-refractivity contribution in [3.8, 4) is 0 Å². The number of nitrogens with two attached hydrogens (primary N) is 1. The van der Waals surface area contributed by atoms with Crippen LogP contribution in [0.3, 0.4) is 0 Å². The number of hydrogen-bond donors (Lipinski definition) is 2. The summed E-state index contributed by atoms with van der Waals surface area (Å²) < 4.78 is 0. The topological polar surface area (TPSA) is 50.9 Å². The summed E-state index contributed by atoms with van der Waals surface area (Å²) in [6, 6.07) is 2.15. The molecular formula is C13H23N3. The molecule has 1 aromatic rings. The van der Waals surface area contributed by atoms with Gasteiger partial charge in [-0.2, -0.15) is 0 Å². The first kappa shape index (κ1) is 13.0. The van der Waals surface area contributed by atoms with Crippen molar-refractivity contribution in [2.24, 2.45) is 5.41 Å². The predicted molar refractivity (Wildman–Crippen MR) is 69.1 cm³/mol. The Bertz CT molecular complexity index is 328. The molecule has 3 N–H and O–H groups in total. The van der Waals surface area contributed by atoms with Crippen molar-refractivity contribution < 1.29 is 0 Å². The number of nitrogens with one attached hydrogen (secondary N) is 1. The molecule has 0 saturated heterocycles. The second kappa shape index (κ2) is 5.30. The fourth-order valence-electron chi connectivity index (χ4n) is 1.86. The van der Waals surface area contributed by atoms with Crippen LogP contribution in [0, 0.1) is 5.41 Å². The summed E-state index contributed by atoms with van der Waals surface area (Å²) >= 11 is 0. The van der Waals surface area contributed by atoms with Crippen LogP contribution in [0.1, 0.15) is 45.7 Å². The van der Waals surface area contributed by atoms with Crippen molar-refractivity contribution in [3.05, 3.63) is 24.0 Å². The fraction of sp³-hybridized carbons (Fsp3) is 0.615. The first-order valence-electron chi connectivity index (χ1n) is 5.87. The van der Waals surface area contributed by atoms with Crippen molar-refractivity contribution in [3.63, 3.8) is 0 Å². The molecule has 0 amide bonds. The molecule has 0 aliphatic heterocycles. The molecule has 0 aliphatic carbocycles. The van der Waals surface area contributed by atoms with Gasteiger partial charge >= 0.3 is 0 Å². The molecule has 3 nitrogen and oxygen atoms in total. The van der Waals surface area contributed by atoms with Gasteiger partial charge in [-0.15, -0.1) is 0 Å². The normalized spacial score (nSPS) is 13.8. The molecule has 1 heterocycles. The third kappa shape index (κ3) is 3.81. The van der Waals surface area contributed by atoms with Crippen LogP contribution in [-0.2, 0) is 0 Å². The first-order chi connectivity index (χ1) is 7.44. The average molecular weight is 221 g/mol. The molecule has 0 spiro atoms. The molecule has 0 aromatic carbocycles. The molecule has 0 fully saturated rings. The van der Waals surface area contributed by atoms with Crippen LogP contribution in [0.5, 0.6) is 0 Å². The second-order valence-electron chi connectivity index (χ2n) is 5.38.